The molecule has 1 heterocycles. The summed E-state index contributed by atoms with van der Waals surface area (Å²) in [4.78, 5) is 6.33. The minimum absolute atomic E-state index is 0.546. The second-order valence-corrected chi connectivity index (χ2v) is 5.36. The quantitative estimate of drug-likeness (QED) is 0.771. The highest BCUT2D eigenvalue weighted by molar-refractivity contribution is 5.64. The van der Waals surface area contributed by atoms with Gasteiger partial charge in [-0.25, -0.2) is 13.2 Å². The molecule has 2 rings (SSSR count). The van der Waals surface area contributed by atoms with E-state index in [1.54, 1.807) is 12.4 Å². The Balaban J connectivity index is 2.28. The van der Waals surface area contributed by atoms with Crippen LogP contribution in [0.15, 0.2) is 36.7 Å². The van der Waals surface area contributed by atoms with Crippen LogP contribution in [0.3, 0.4) is 0 Å². The van der Waals surface area contributed by atoms with Crippen molar-refractivity contribution in [3.05, 3.63) is 53.6 Å². The third-order valence-electron chi connectivity index (χ3n) is 3.42. The van der Waals surface area contributed by atoms with E-state index in [-0.39, 0.29) is 0 Å². The summed E-state index contributed by atoms with van der Waals surface area (Å²) in [5.74, 6) is -0.884. The van der Waals surface area contributed by atoms with Crippen LogP contribution in [0.4, 0.5) is 13.2 Å². The number of hydrogen-bond acceptors (Lipinski definition) is 2. The molecular formula is C17H19F3N2. The molecular weight excluding hydrogens is 289 g/mol. The zero-order valence-corrected chi connectivity index (χ0v) is 12.7. The van der Waals surface area contributed by atoms with Crippen molar-refractivity contribution in [3.63, 3.8) is 0 Å². The fraction of sp³-hybridized carbons (Fsp3) is 0.353. The molecule has 0 unspecified atom stereocenters. The molecule has 1 aromatic heterocycles. The molecule has 0 atom stereocenters. The number of benzene rings is 1. The van der Waals surface area contributed by atoms with Crippen LogP contribution in [-0.4, -0.2) is 23.5 Å². The molecule has 0 aliphatic heterocycles. The summed E-state index contributed by atoms with van der Waals surface area (Å²) < 4.78 is 39.0. The van der Waals surface area contributed by atoms with Crippen molar-refractivity contribution in [3.8, 4) is 11.1 Å². The molecule has 2 nitrogen and oxygen atoms in total. The highest BCUT2D eigenvalue weighted by Gasteiger charge is 2.14. The van der Waals surface area contributed by atoms with Gasteiger partial charge in [0, 0.05) is 24.5 Å². The van der Waals surface area contributed by atoms with Crippen LogP contribution in [0.2, 0.25) is 0 Å². The van der Waals surface area contributed by atoms with Crippen molar-refractivity contribution >= 4 is 0 Å². The summed E-state index contributed by atoms with van der Waals surface area (Å²) in [5.41, 5.74) is 1.68. The van der Waals surface area contributed by atoms with Gasteiger partial charge >= 0.3 is 0 Å². The van der Waals surface area contributed by atoms with Crippen LogP contribution in [0.25, 0.3) is 11.1 Å². The Morgan fingerprint density at radius 1 is 1.14 bits per heavy atom. The molecule has 0 saturated heterocycles. The number of aromatic nitrogens is 1. The smallest absolute Gasteiger partial charge is 0.266 e. The summed E-state index contributed by atoms with van der Waals surface area (Å²) in [7, 11) is 2.02. The van der Waals surface area contributed by atoms with E-state index in [2.05, 4.69) is 16.8 Å². The van der Waals surface area contributed by atoms with Gasteiger partial charge in [-0.2, -0.15) is 0 Å². The molecule has 1 aromatic carbocycles. The monoisotopic (exact) mass is 308 g/mol. The van der Waals surface area contributed by atoms with Gasteiger partial charge in [-0.3, -0.25) is 4.98 Å². The van der Waals surface area contributed by atoms with Crippen LogP contribution in [0.5, 0.6) is 0 Å². The van der Waals surface area contributed by atoms with Crippen molar-refractivity contribution in [1.29, 1.82) is 0 Å². The lowest BCUT2D eigenvalue weighted by molar-refractivity contribution is 0.146. The van der Waals surface area contributed by atoms with E-state index >= 15 is 0 Å². The van der Waals surface area contributed by atoms with Gasteiger partial charge in [-0.1, -0.05) is 13.0 Å². The zero-order valence-electron chi connectivity index (χ0n) is 12.7. The molecule has 0 amide bonds. The molecule has 0 aliphatic rings. The molecule has 0 N–H and O–H groups in total. The molecule has 0 radical (unpaired) electrons. The molecule has 118 valence electrons. The summed E-state index contributed by atoms with van der Waals surface area (Å²) in [6.45, 7) is 3.81. The van der Waals surface area contributed by atoms with E-state index in [0.29, 0.717) is 11.1 Å². The van der Waals surface area contributed by atoms with Gasteiger partial charge in [-0.05, 0) is 49.3 Å². The topological polar surface area (TPSA) is 16.1 Å². The van der Waals surface area contributed by atoms with Gasteiger partial charge in [0.25, 0.3) is 6.43 Å². The predicted octanol–water partition coefficient (Wildman–Crippen LogP) is 4.67. The molecule has 2 aromatic rings. The fourth-order valence-corrected chi connectivity index (χ4v) is 2.39. The second kappa shape index (κ2) is 7.40. The lowest BCUT2D eigenvalue weighted by Crippen LogP contribution is -2.18. The summed E-state index contributed by atoms with van der Waals surface area (Å²) in [6.07, 6.45) is 1.59. The second-order valence-electron chi connectivity index (χ2n) is 5.36. The Morgan fingerprint density at radius 2 is 1.91 bits per heavy atom. The maximum atomic E-state index is 13.4. The summed E-state index contributed by atoms with van der Waals surface area (Å²) >= 11 is 0. The SMILES string of the molecule is CCCN(C)Cc1cncc(-c2ccc(F)c(C(F)F)c2)c1. The number of rotatable bonds is 6. The van der Waals surface area contributed by atoms with Gasteiger partial charge in [-0.15, -0.1) is 0 Å². The maximum absolute atomic E-state index is 13.4. The van der Waals surface area contributed by atoms with E-state index in [1.807, 2.05) is 13.1 Å². The molecule has 0 aliphatic carbocycles. The maximum Gasteiger partial charge on any atom is 0.266 e. The first-order valence-corrected chi connectivity index (χ1v) is 7.21. The van der Waals surface area contributed by atoms with E-state index in [0.717, 1.165) is 31.1 Å². The Morgan fingerprint density at radius 3 is 2.59 bits per heavy atom. The van der Waals surface area contributed by atoms with Crippen LogP contribution in [0.1, 0.15) is 30.9 Å². The van der Waals surface area contributed by atoms with Crippen LogP contribution in [0, 0.1) is 5.82 Å². The average Bonchev–Trinajstić information content (AvgIpc) is 2.48. The number of pyridine rings is 1. The Hall–Kier alpha value is -1.88. The standard InChI is InChI=1S/C17H19F3N2/c1-3-6-22(2)11-12-7-14(10-21-9-12)13-4-5-16(18)15(8-13)17(19)20/h4-5,7-10,17H,3,6,11H2,1-2H3. The van der Waals surface area contributed by atoms with E-state index < -0.39 is 17.8 Å². The highest BCUT2D eigenvalue weighted by atomic mass is 19.3. The minimum Gasteiger partial charge on any atom is -0.302 e. The van der Waals surface area contributed by atoms with Gasteiger partial charge in [0.1, 0.15) is 5.82 Å². The number of halogens is 3. The number of hydrogen-bond donors (Lipinski definition) is 0. The Kier molecular flexibility index (Phi) is 5.55. The first kappa shape index (κ1) is 16.5. The van der Waals surface area contributed by atoms with E-state index in [9.17, 15) is 13.2 Å². The van der Waals surface area contributed by atoms with Crippen molar-refractivity contribution in [1.82, 2.24) is 9.88 Å². The Bertz CT molecular complexity index is 629. The van der Waals surface area contributed by atoms with Crippen LogP contribution >= 0.6 is 0 Å². The molecule has 0 saturated carbocycles. The largest absolute Gasteiger partial charge is 0.302 e. The van der Waals surface area contributed by atoms with Crippen LogP contribution < -0.4 is 0 Å². The minimum atomic E-state index is -2.83. The predicted molar refractivity (Wildman–Crippen MR) is 81.2 cm³/mol. The molecule has 0 fully saturated rings. The van der Waals surface area contributed by atoms with Gasteiger partial charge in [0.15, 0.2) is 0 Å². The molecule has 0 bridgehead atoms. The van der Waals surface area contributed by atoms with E-state index in [4.69, 9.17) is 0 Å². The average molecular weight is 308 g/mol. The molecule has 22 heavy (non-hydrogen) atoms. The van der Waals surface area contributed by atoms with Crippen LogP contribution in [-0.2, 0) is 6.54 Å². The lowest BCUT2D eigenvalue weighted by atomic mass is 10.0. The van der Waals surface area contributed by atoms with Gasteiger partial charge in [0.2, 0.25) is 0 Å². The third kappa shape index (κ3) is 4.07. The van der Waals surface area contributed by atoms with Crippen molar-refractivity contribution < 1.29 is 13.2 Å². The zero-order chi connectivity index (χ0) is 16.1. The summed E-state index contributed by atoms with van der Waals surface area (Å²) in [5, 5.41) is 0. The normalized spacial score (nSPS) is 11.4. The fourth-order valence-electron chi connectivity index (χ4n) is 2.39. The number of nitrogens with zero attached hydrogens (tertiary/aromatic N) is 2. The van der Waals surface area contributed by atoms with E-state index in [1.165, 1.54) is 12.1 Å². The lowest BCUT2D eigenvalue weighted by Gasteiger charge is -2.15. The highest BCUT2D eigenvalue weighted by Crippen LogP contribution is 2.28. The molecule has 0 spiro atoms. The van der Waals surface area contributed by atoms with Crippen molar-refractivity contribution in [2.45, 2.75) is 26.3 Å². The van der Waals surface area contributed by atoms with Crippen molar-refractivity contribution in [2.75, 3.05) is 13.6 Å². The third-order valence-corrected chi connectivity index (χ3v) is 3.42. The molecule has 5 heteroatoms. The van der Waals surface area contributed by atoms with Gasteiger partial charge in [0.05, 0.1) is 5.56 Å². The number of alkyl halides is 2. The first-order chi connectivity index (χ1) is 10.5. The first-order valence-electron chi connectivity index (χ1n) is 7.21. The summed E-state index contributed by atoms with van der Waals surface area (Å²) in [6, 6.07) is 5.67. The Labute approximate surface area is 128 Å². The van der Waals surface area contributed by atoms with Crippen molar-refractivity contribution in [2.24, 2.45) is 0 Å². The van der Waals surface area contributed by atoms with Gasteiger partial charge < -0.3 is 4.90 Å².